The molecule has 1 aliphatic carbocycles. The molecule has 1 atom stereocenters. The van der Waals surface area contributed by atoms with Crippen LogP contribution in [0.4, 0.5) is 8.78 Å². The fourth-order valence-corrected chi connectivity index (χ4v) is 1.81. The molecule has 0 aromatic heterocycles. The lowest BCUT2D eigenvalue weighted by Crippen LogP contribution is -2.29. The predicted molar refractivity (Wildman–Crippen MR) is 73.7 cm³/mol. The average molecular weight is 310 g/mol. The van der Waals surface area contributed by atoms with E-state index in [4.69, 9.17) is 0 Å². The fraction of sp³-hybridized carbons (Fsp3) is 0.692. The maximum atomic E-state index is 13.1. The lowest BCUT2D eigenvalue weighted by molar-refractivity contribution is 0.338. The summed E-state index contributed by atoms with van der Waals surface area (Å²) in [6, 6.07) is 1.25. The van der Waals surface area contributed by atoms with Crippen LogP contribution in [0, 0.1) is 0 Å². The van der Waals surface area contributed by atoms with Gasteiger partial charge in [0.15, 0.2) is 4.58 Å². The highest BCUT2D eigenvalue weighted by Crippen LogP contribution is 2.38. The van der Waals surface area contributed by atoms with Crippen molar-refractivity contribution in [2.45, 2.75) is 57.7 Å². The third-order valence-corrected chi connectivity index (χ3v) is 3.13. The Morgan fingerprint density at radius 1 is 1.29 bits per heavy atom. The summed E-state index contributed by atoms with van der Waals surface area (Å²) in [6.45, 7) is 10.0. The van der Waals surface area contributed by atoms with Crippen LogP contribution in [-0.2, 0) is 0 Å². The molecule has 0 fully saturated rings. The molecule has 0 radical (unpaired) electrons. The van der Waals surface area contributed by atoms with Gasteiger partial charge in [0.05, 0.1) is 0 Å². The lowest BCUT2D eigenvalue weighted by Gasteiger charge is -2.20. The maximum Gasteiger partial charge on any atom is 0.192 e. The van der Waals surface area contributed by atoms with E-state index in [9.17, 15) is 8.78 Å². The quantitative estimate of drug-likeness (QED) is 0.733. The highest BCUT2D eigenvalue weighted by molar-refractivity contribution is 9.10. The van der Waals surface area contributed by atoms with Crippen molar-refractivity contribution in [2.24, 2.45) is 0 Å². The van der Waals surface area contributed by atoms with Crippen molar-refractivity contribution in [2.75, 3.05) is 0 Å². The molecule has 1 unspecified atom stereocenters. The second-order valence-electron chi connectivity index (χ2n) is 4.76. The van der Waals surface area contributed by atoms with Gasteiger partial charge < -0.3 is 5.32 Å². The Balaban J connectivity index is 0.000000325. The number of nitrogens with one attached hydrogen (secondary N) is 1. The van der Waals surface area contributed by atoms with Crippen molar-refractivity contribution in [1.82, 2.24) is 5.32 Å². The zero-order chi connectivity index (χ0) is 13.6. The first-order valence-electron chi connectivity index (χ1n) is 5.84. The van der Waals surface area contributed by atoms with Gasteiger partial charge in [-0.1, -0.05) is 33.8 Å². The topological polar surface area (TPSA) is 12.0 Å². The third-order valence-electron chi connectivity index (χ3n) is 2.21. The Morgan fingerprint density at radius 3 is 2.00 bits per heavy atom. The summed E-state index contributed by atoms with van der Waals surface area (Å²) in [7, 11) is 0. The number of halogens is 3. The molecule has 0 bridgehead atoms. The first-order chi connectivity index (χ1) is 7.66. The molecule has 0 spiro atoms. The van der Waals surface area contributed by atoms with E-state index < -0.39 is 10.4 Å². The van der Waals surface area contributed by atoms with Crippen LogP contribution >= 0.6 is 15.9 Å². The second-order valence-corrected chi connectivity index (χ2v) is 6.02. The molecule has 1 rings (SSSR count). The Hall–Kier alpha value is -0.220. The molecular weight excluding hydrogens is 288 g/mol. The van der Waals surface area contributed by atoms with Crippen molar-refractivity contribution < 1.29 is 8.78 Å². The largest absolute Gasteiger partial charge is 0.312 e. The number of hydrogen-bond donors (Lipinski definition) is 1. The monoisotopic (exact) mass is 309 g/mol. The van der Waals surface area contributed by atoms with Crippen molar-refractivity contribution in [1.29, 1.82) is 0 Å². The summed E-state index contributed by atoms with van der Waals surface area (Å²) in [5.74, 6) is -0.481. The number of alkyl halides is 2. The highest BCUT2D eigenvalue weighted by Gasteiger charge is 2.31. The first kappa shape index (κ1) is 16.8. The van der Waals surface area contributed by atoms with E-state index in [2.05, 4.69) is 48.9 Å². The lowest BCUT2D eigenvalue weighted by atomic mass is 10.0. The van der Waals surface area contributed by atoms with Crippen molar-refractivity contribution in [3.05, 3.63) is 23.6 Å². The maximum absolute atomic E-state index is 13.1. The minimum atomic E-state index is -1.66. The smallest absolute Gasteiger partial charge is 0.192 e. The van der Waals surface area contributed by atoms with Crippen LogP contribution in [0.2, 0.25) is 0 Å². The molecule has 0 heterocycles. The minimum Gasteiger partial charge on any atom is -0.312 e. The molecule has 1 nitrogen and oxygen atoms in total. The predicted octanol–water partition coefficient (Wildman–Crippen LogP) is 4.64. The Morgan fingerprint density at radius 2 is 1.76 bits per heavy atom. The van der Waals surface area contributed by atoms with Gasteiger partial charge in [0.2, 0.25) is 0 Å². The summed E-state index contributed by atoms with van der Waals surface area (Å²) in [4.78, 5) is 0. The van der Waals surface area contributed by atoms with Gasteiger partial charge in [-0.25, -0.2) is 8.78 Å². The molecule has 0 saturated carbocycles. The van der Waals surface area contributed by atoms with E-state index in [1.165, 1.54) is 19.1 Å². The molecule has 0 amide bonds. The Labute approximate surface area is 111 Å². The van der Waals surface area contributed by atoms with Crippen molar-refractivity contribution in [3.63, 3.8) is 0 Å². The van der Waals surface area contributed by atoms with E-state index in [0.717, 1.165) is 0 Å². The highest BCUT2D eigenvalue weighted by atomic mass is 79.9. The molecule has 0 aliphatic heterocycles. The molecule has 0 saturated heterocycles. The van der Waals surface area contributed by atoms with Crippen LogP contribution in [0.1, 0.15) is 41.0 Å². The second kappa shape index (κ2) is 7.27. The molecule has 0 aromatic rings. The van der Waals surface area contributed by atoms with E-state index >= 15 is 0 Å². The van der Waals surface area contributed by atoms with Crippen LogP contribution in [-0.4, -0.2) is 16.7 Å². The molecule has 17 heavy (non-hydrogen) atoms. The van der Waals surface area contributed by atoms with Crippen molar-refractivity contribution >= 4 is 15.9 Å². The Kier molecular flexibility index (Phi) is 7.17. The fourth-order valence-electron chi connectivity index (χ4n) is 1.43. The molecular formula is C13H22BrF2N. The van der Waals surface area contributed by atoms with E-state index in [1.54, 1.807) is 0 Å². The average Bonchev–Trinajstić information content (AvgIpc) is 2.12. The van der Waals surface area contributed by atoms with Crippen LogP contribution in [0.3, 0.4) is 0 Å². The SMILES string of the molecule is CC(C)NC(C)C.CC1=C(F)C=CCC1(F)Br. The van der Waals surface area contributed by atoms with Gasteiger partial charge in [0, 0.05) is 24.1 Å². The molecule has 1 aliphatic rings. The summed E-state index contributed by atoms with van der Waals surface area (Å²) >= 11 is 2.78. The summed E-state index contributed by atoms with van der Waals surface area (Å²) < 4.78 is 24.0. The van der Waals surface area contributed by atoms with Gasteiger partial charge in [-0.2, -0.15) is 0 Å². The normalized spacial score (nSPS) is 24.1. The number of allylic oxidation sites excluding steroid dienone is 4. The molecule has 4 heteroatoms. The van der Waals surface area contributed by atoms with Gasteiger partial charge >= 0.3 is 0 Å². The first-order valence-corrected chi connectivity index (χ1v) is 6.63. The number of rotatable bonds is 2. The molecule has 100 valence electrons. The van der Waals surface area contributed by atoms with Gasteiger partial charge in [-0.15, -0.1) is 0 Å². The molecule has 0 aromatic carbocycles. The van der Waals surface area contributed by atoms with Gasteiger partial charge in [-0.3, -0.25) is 0 Å². The zero-order valence-corrected chi connectivity index (χ0v) is 12.7. The van der Waals surface area contributed by atoms with Gasteiger partial charge in [0.1, 0.15) is 5.83 Å². The Bertz CT molecular complexity index is 288. The molecule has 1 N–H and O–H groups in total. The summed E-state index contributed by atoms with van der Waals surface area (Å²) in [5.41, 5.74) is 0.120. The standard InChI is InChI=1S/C7H7BrF2.C6H15N/c1-5-6(9)3-2-4-7(5,8)10;1-5(2)7-6(3)4/h2-3H,4H2,1H3;5-7H,1-4H3. The van der Waals surface area contributed by atoms with Crippen LogP contribution in [0.5, 0.6) is 0 Å². The third kappa shape index (κ3) is 6.94. The zero-order valence-electron chi connectivity index (χ0n) is 11.2. The minimum absolute atomic E-state index is 0.120. The van der Waals surface area contributed by atoms with Gasteiger partial charge in [0.25, 0.3) is 0 Å². The summed E-state index contributed by atoms with van der Waals surface area (Å²) in [5, 5.41) is 3.31. The summed E-state index contributed by atoms with van der Waals surface area (Å²) in [6.07, 6.45) is 2.96. The number of hydrogen-bond acceptors (Lipinski definition) is 1. The van der Waals surface area contributed by atoms with E-state index in [1.807, 2.05) is 0 Å². The van der Waals surface area contributed by atoms with Crippen LogP contribution in [0.25, 0.3) is 0 Å². The van der Waals surface area contributed by atoms with E-state index in [0.29, 0.717) is 12.1 Å². The van der Waals surface area contributed by atoms with Crippen LogP contribution < -0.4 is 5.32 Å². The van der Waals surface area contributed by atoms with Crippen molar-refractivity contribution in [3.8, 4) is 0 Å². The van der Waals surface area contributed by atoms with Gasteiger partial charge in [-0.05, 0) is 28.9 Å². The van der Waals surface area contributed by atoms with E-state index in [-0.39, 0.29) is 12.0 Å². The van der Waals surface area contributed by atoms with Crippen LogP contribution in [0.15, 0.2) is 23.6 Å².